The SMILES string of the molecule is CCc1noc(C(C)N2CCN(C(=O)CCCNC)CC2)n1.Cl.Cl. The molecule has 0 aromatic carbocycles. The van der Waals surface area contributed by atoms with Crippen molar-refractivity contribution in [3.63, 3.8) is 0 Å². The molecule has 9 heteroatoms. The molecule has 0 saturated carbocycles. The van der Waals surface area contributed by atoms with E-state index in [4.69, 9.17) is 4.52 Å². The monoisotopic (exact) mass is 381 g/mol. The molecule has 140 valence electrons. The standard InChI is InChI=1S/C15H27N5O2.2ClH/c1-4-13-17-15(22-18-13)12(2)19-8-10-20(11-9-19)14(21)6-5-7-16-3;;/h12,16H,4-11H2,1-3H3;2*1H. The number of rotatable bonds is 7. The second-order valence-corrected chi connectivity index (χ2v) is 5.70. The first-order chi connectivity index (χ1) is 10.7. The van der Waals surface area contributed by atoms with E-state index in [2.05, 4.69) is 27.3 Å². The van der Waals surface area contributed by atoms with Crippen LogP contribution in [0.1, 0.15) is 44.4 Å². The van der Waals surface area contributed by atoms with E-state index < -0.39 is 0 Å². The van der Waals surface area contributed by atoms with Gasteiger partial charge in [0.25, 0.3) is 0 Å². The van der Waals surface area contributed by atoms with E-state index in [1.165, 1.54) is 0 Å². The normalized spacial score (nSPS) is 16.2. The third kappa shape index (κ3) is 6.20. The number of carbonyl (C=O) groups excluding carboxylic acids is 1. The van der Waals surface area contributed by atoms with Gasteiger partial charge in [0.05, 0.1) is 6.04 Å². The second-order valence-electron chi connectivity index (χ2n) is 5.70. The van der Waals surface area contributed by atoms with Gasteiger partial charge in [-0.2, -0.15) is 4.98 Å². The summed E-state index contributed by atoms with van der Waals surface area (Å²) in [5.74, 6) is 1.68. The summed E-state index contributed by atoms with van der Waals surface area (Å²) >= 11 is 0. The number of carbonyl (C=O) groups is 1. The number of nitrogens with zero attached hydrogens (tertiary/aromatic N) is 4. The van der Waals surface area contributed by atoms with Crippen molar-refractivity contribution in [2.75, 3.05) is 39.8 Å². The van der Waals surface area contributed by atoms with Crippen LogP contribution in [-0.4, -0.2) is 65.6 Å². The van der Waals surface area contributed by atoms with Crippen molar-refractivity contribution < 1.29 is 9.32 Å². The second kappa shape index (κ2) is 11.6. The average molecular weight is 382 g/mol. The first-order valence-corrected chi connectivity index (χ1v) is 8.14. The number of hydrogen-bond donors (Lipinski definition) is 1. The van der Waals surface area contributed by atoms with Crippen LogP contribution >= 0.6 is 24.8 Å². The van der Waals surface area contributed by atoms with Gasteiger partial charge in [0.15, 0.2) is 5.82 Å². The molecule has 1 unspecified atom stereocenters. The van der Waals surface area contributed by atoms with E-state index in [0.29, 0.717) is 12.3 Å². The van der Waals surface area contributed by atoms with Gasteiger partial charge in [0.2, 0.25) is 11.8 Å². The molecule has 1 aliphatic rings. The molecule has 1 amide bonds. The molecular weight excluding hydrogens is 353 g/mol. The van der Waals surface area contributed by atoms with Crippen LogP contribution in [0.5, 0.6) is 0 Å². The molecule has 1 saturated heterocycles. The molecule has 0 bridgehead atoms. The molecule has 1 aromatic heterocycles. The summed E-state index contributed by atoms with van der Waals surface area (Å²) in [6.07, 6.45) is 2.30. The summed E-state index contributed by atoms with van der Waals surface area (Å²) in [7, 11) is 1.91. The molecular formula is C15H29Cl2N5O2. The number of piperazine rings is 1. The summed E-state index contributed by atoms with van der Waals surface area (Å²) in [5, 5.41) is 7.02. The van der Waals surface area contributed by atoms with E-state index in [0.717, 1.165) is 51.4 Å². The fourth-order valence-corrected chi connectivity index (χ4v) is 2.67. The lowest BCUT2D eigenvalue weighted by Crippen LogP contribution is -2.49. The van der Waals surface area contributed by atoms with Crippen LogP contribution in [-0.2, 0) is 11.2 Å². The van der Waals surface area contributed by atoms with Crippen molar-refractivity contribution in [3.05, 3.63) is 11.7 Å². The van der Waals surface area contributed by atoms with Gasteiger partial charge in [0, 0.05) is 39.0 Å². The number of aryl methyl sites for hydroxylation is 1. The van der Waals surface area contributed by atoms with Gasteiger partial charge < -0.3 is 14.7 Å². The first-order valence-electron chi connectivity index (χ1n) is 8.14. The smallest absolute Gasteiger partial charge is 0.243 e. The van der Waals surface area contributed by atoms with Crippen molar-refractivity contribution in [2.45, 2.75) is 39.2 Å². The Balaban J connectivity index is 0.00000264. The lowest BCUT2D eigenvalue weighted by molar-refractivity contribution is -0.133. The summed E-state index contributed by atoms with van der Waals surface area (Å²) < 4.78 is 5.32. The zero-order valence-electron chi connectivity index (χ0n) is 14.7. The minimum atomic E-state index is 0. The highest BCUT2D eigenvalue weighted by atomic mass is 35.5. The minimum Gasteiger partial charge on any atom is -0.340 e. The molecule has 1 aliphatic heterocycles. The lowest BCUT2D eigenvalue weighted by Gasteiger charge is -2.36. The quantitative estimate of drug-likeness (QED) is 0.724. The van der Waals surface area contributed by atoms with E-state index in [1.807, 2.05) is 18.9 Å². The Bertz CT molecular complexity index is 478. The molecule has 2 heterocycles. The molecule has 7 nitrogen and oxygen atoms in total. The zero-order valence-corrected chi connectivity index (χ0v) is 16.3. The predicted octanol–water partition coefficient (Wildman–Crippen LogP) is 1.68. The summed E-state index contributed by atoms with van der Waals surface area (Å²) in [6.45, 7) is 8.23. The van der Waals surface area contributed by atoms with Gasteiger partial charge in [-0.05, 0) is 26.9 Å². The Morgan fingerprint density at radius 1 is 1.29 bits per heavy atom. The van der Waals surface area contributed by atoms with Gasteiger partial charge in [-0.3, -0.25) is 9.69 Å². The highest BCUT2D eigenvalue weighted by molar-refractivity contribution is 5.85. The molecule has 1 atom stereocenters. The highest BCUT2D eigenvalue weighted by Gasteiger charge is 2.27. The molecule has 24 heavy (non-hydrogen) atoms. The van der Waals surface area contributed by atoms with E-state index in [1.54, 1.807) is 0 Å². The van der Waals surface area contributed by atoms with Crippen molar-refractivity contribution >= 4 is 30.7 Å². The zero-order chi connectivity index (χ0) is 15.9. The van der Waals surface area contributed by atoms with Crippen molar-refractivity contribution in [1.29, 1.82) is 0 Å². The van der Waals surface area contributed by atoms with Crippen molar-refractivity contribution in [2.24, 2.45) is 0 Å². The van der Waals surface area contributed by atoms with Crippen LogP contribution in [0.2, 0.25) is 0 Å². The van der Waals surface area contributed by atoms with Crippen LogP contribution in [0.15, 0.2) is 4.52 Å². The minimum absolute atomic E-state index is 0. The number of nitrogens with one attached hydrogen (secondary N) is 1. The number of halogens is 2. The maximum atomic E-state index is 12.1. The highest BCUT2D eigenvalue weighted by Crippen LogP contribution is 2.20. The van der Waals surface area contributed by atoms with Crippen LogP contribution in [0.25, 0.3) is 0 Å². The average Bonchev–Trinajstić information content (AvgIpc) is 3.03. The Morgan fingerprint density at radius 2 is 1.96 bits per heavy atom. The maximum absolute atomic E-state index is 12.1. The van der Waals surface area contributed by atoms with E-state index in [-0.39, 0.29) is 36.8 Å². The van der Waals surface area contributed by atoms with Gasteiger partial charge in [-0.25, -0.2) is 0 Å². The summed E-state index contributed by atoms with van der Waals surface area (Å²) in [5.41, 5.74) is 0. The molecule has 2 rings (SSSR count). The molecule has 0 spiro atoms. The Hall–Kier alpha value is -0.890. The Morgan fingerprint density at radius 3 is 2.50 bits per heavy atom. The van der Waals surface area contributed by atoms with Gasteiger partial charge >= 0.3 is 0 Å². The van der Waals surface area contributed by atoms with E-state index >= 15 is 0 Å². The number of hydrogen-bond acceptors (Lipinski definition) is 6. The summed E-state index contributed by atoms with van der Waals surface area (Å²) in [6, 6.07) is 0.106. The molecule has 1 fully saturated rings. The Labute approximate surface area is 156 Å². The fraction of sp³-hybridized carbons (Fsp3) is 0.800. The molecule has 0 aliphatic carbocycles. The molecule has 1 N–H and O–H groups in total. The van der Waals surface area contributed by atoms with Gasteiger partial charge in [-0.1, -0.05) is 12.1 Å². The fourth-order valence-electron chi connectivity index (χ4n) is 2.67. The lowest BCUT2D eigenvalue weighted by atomic mass is 10.2. The van der Waals surface area contributed by atoms with Gasteiger partial charge in [-0.15, -0.1) is 24.8 Å². The third-order valence-corrected chi connectivity index (χ3v) is 4.19. The summed E-state index contributed by atoms with van der Waals surface area (Å²) in [4.78, 5) is 20.8. The van der Waals surface area contributed by atoms with Crippen molar-refractivity contribution in [3.8, 4) is 0 Å². The largest absolute Gasteiger partial charge is 0.340 e. The predicted molar refractivity (Wildman–Crippen MR) is 97.9 cm³/mol. The van der Waals surface area contributed by atoms with Crippen LogP contribution < -0.4 is 5.32 Å². The van der Waals surface area contributed by atoms with Crippen LogP contribution in [0, 0.1) is 0 Å². The topological polar surface area (TPSA) is 74.5 Å². The van der Waals surface area contributed by atoms with Gasteiger partial charge in [0.1, 0.15) is 0 Å². The van der Waals surface area contributed by atoms with Crippen LogP contribution in [0.3, 0.4) is 0 Å². The Kier molecular flexibility index (Phi) is 11.2. The van der Waals surface area contributed by atoms with Crippen molar-refractivity contribution in [1.82, 2.24) is 25.3 Å². The van der Waals surface area contributed by atoms with E-state index in [9.17, 15) is 4.79 Å². The number of amides is 1. The molecule has 1 aromatic rings. The molecule has 0 radical (unpaired) electrons. The third-order valence-electron chi connectivity index (χ3n) is 4.19. The number of aromatic nitrogens is 2. The maximum Gasteiger partial charge on any atom is 0.243 e. The first kappa shape index (κ1) is 23.1. The van der Waals surface area contributed by atoms with Crippen LogP contribution in [0.4, 0.5) is 0 Å².